The van der Waals surface area contributed by atoms with Gasteiger partial charge in [-0.2, -0.15) is 0 Å². The van der Waals surface area contributed by atoms with Gasteiger partial charge >= 0.3 is 0 Å². The van der Waals surface area contributed by atoms with Gasteiger partial charge in [0.05, 0.1) is 11.5 Å². The predicted molar refractivity (Wildman–Crippen MR) is 77.6 cm³/mol. The van der Waals surface area contributed by atoms with E-state index in [9.17, 15) is 10.1 Å². The molecule has 5 heteroatoms. The molecule has 2 aromatic carbocycles. The molecule has 0 saturated carbocycles. The van der Waals surface area contributed by atoms with E-state index in [4.69, 9.17) is 4.74 Å². The van der Waals surface area contributed by atoms with Crippen LogP contribution in [-0.2, 0) is 17.9 Å². The number of nitro benzene ring substituents is 1. The third-order valence-corrected chi connectivity index (χ3v) is 2.88. The molecule has 20 heavy (non-hydrogen) atoms. The molecule has 0 aliphatic heterocycles. The number of nitrogens with zero attached hydrogens (tertiary/aromatic N) is 1. The maximum absolute atomic E-state index is 10.6. The number of ether oxygens (including phenoxy) is 1. The van der Waals surface area contributed by atoms with Crippen molar-refractivity contribution in [1.29, 1.82) is 0 Å². The highest BCUT2D eigenvalue weighted by atomic mass is 16.6. The molecule has 0 amide bonds. The van der Waals surface area contributed by atoms with Crippen molar-refractivity contribution >= 4 is 11.4 Å². The van der Waals surface area contributed by atoms with E-state index < -0.39 is 4.92 Å². The fourth-order valence-corrected chi connectivity index (χ4v) is 1.90. The van der Waals surface area contributed by atoms with Crippen molar-refractivity contribution in [2.24, 2.45) is 0 Å². The molecule has 0 heterocycles. The molecule has 0 aliphatic carbocycles. The molecule has 0 spiro atoms. The minimum atomic E-state index is -0.405. The van der Waals surface area contributed by atoms with Gasteiger partial charge < -0.3 is 10.1 Å². The summed E-state index contributed by atoms with van der Waals surface area (Å²) >= 11 is 0. The summed E-state index contributed by atoms with van der Waals surface area (Å²) in [6, 6.07) is 14.5. The van der Waals surface area contributed by atoms with Crippen molar-refractivity contribution in [3.63, 3.8) is 0 Å². The molecule has 0 radical (unpaired) electrons. The molecule has 0 fully saturated rings. The Hall–Kier alpha value is -2.40. The van der Waals surface area contributed by atoms with Gasteiger partial charge in [-0.15, -0.1) is 0 Å². The fraction of sp³-hybridized carbons (Fsp3) is 0.200. The Morgan fingerprint density at radius 2 is 1.85 bits per heavy atom. The zero-order valence-corrected chi connectivity index (χ0v) is 11.2. The van der Waals surface area contributed by atoms with Gasteiger partial charge in [0, 0.05) is 31.5 Å². The Morgan fingerprint density at radius 1 is 1.15 bits per heavy atom. The molecule has 104 valence electrons. The summed E-state index contributed by atoms with van der Waals surface area (Å²) in [4.78, 5) is 10.2. The average molecular weight is 272 g/mol. The first kappa shape index (κ1) is 14.0. The molecule has 0 unspecified atom stereocenters. The molecule has 2 rings (SSSR count). The molecule has 0 atom stereocenters. The average Bonchev–Trinajstić information content (AvgIpc) is 2.46. The van der Waals surface area contributed by atoms with E-state index in [0.29, 0.717) is 13.2 Å². The quantitative estimate of drug-likeness (QED) is 0.647. The van der Waals surface area contributed by atoms with Crippen molar-refractivity contribution in [2.45, 2.75) is 13.2 Å². The van der Waals surface area contributed by atoms with Crippen molar-refractivity contribution in [2.75, 3.05) is 12.4 Å². The van der Waals surface area contributed by atoms with Gasteiger partial charge in [-0.1, -0.05) is 24.3 Å². The van der Waals surface area contributed by atoms with E-state index in [1.165, 1.54) is 12.1 Å². The Kier molecular flexibility index (Phi) is 4.68. The monoisotopic (exact) mass is 272 g/mol. The van der Waals surface area contributed by atoms with Crippen LogP contribution in [0.25, 0.3) is 0 Å². The van der Waals surface area contributed by atoms with Crippen LogP contribution in [0.2, 0.25) is 0 Å². The van der Waals surface area contributed by atoms with Gasteiger partial charge in [0.1, 0.15) is 0 Å². The highest BCUT2D eigenvalue weighted by Crippen LogP contribution is 2.16. The van der Waals surface area contributed by atoms with Crippen LogP contribution in [0.3, 0.4) is 0 Å². The number of hydrogen-bond acceptors (Lipinski definition) is 4. The topological polar surface area (TPSA) is 64.4 Å². The number of benzene rings is 2. The number of nitro groups is 1. The van der Waals surface area contributed by atoms with E-state index in [-0.39, 0.29) is 5.69 Å². The van der Waals surface area contributed by atoms with Crippen LogP contribution < -0.4 is 5.32 Å². The second kappa shape index (κ2) is 6.68. The number of non-ortho nitro benzene ring substituents is 1. The Bertz CT molecular complexity index is 582. The number of nitrogens with one attached hydrogen (secondary N) is 1. The minimum absolute atomic E-state index is 0.0950. The van der Waals surface area contributed by atoms with E-state index in [0.717, 1.165) is 16.8 Å². The molecular formula is C15H16N2O3. The lowest BCUT2D eigenvalue weighted by atomic mass is 10.1. The molecule has 1 N–H and O–H groups in total. The summed E-state index contributed by atoms with van der Waals surface area (Å²) in [5.74, 6) is 0. The Labute approximate surface area is 117 Å². The van der Waals surface area contributed by atoms with Crippen LogP contribution in [-0.4, -0.2) is 12.0 Å². The molecule has 0 saturated heterocycles. The molecular weight excluding hydrogens is 256 g/mol. The first-order chi connectivity index (χ1) is 9.69. The van der Waals surface area contributed by atoms with Gasteiger partial charge in [-0.3, -0.25) is 10.1 Å². The fourth-order valence-electron chi connectivity index (χ4n) is 1.90. The van der Waals surface area contributed by atoms with Crippen LogP contribution in [0.5, 0.6) is 0 Å². The predicted octanol–water partition coefficient (Wildman–Crippen LogP) is 3.35. The molecule has 0 aliphatic rings. The summed E-state index contributed by atoms with van der Waals surface area (Å²) in [5, 5.41) is 13.8. The third-order valence-electron chi connectivity index (χ3n) is 2.88. The SMILES string of the molecule is COCc1cccc(CNc2ccc([N+](=O)[O-])cc2)c1. The van der Waals surface area contributed by atoms with E-state index >= 15 is 0 Å². The summed E-state index contributed by atoms with van der Waals surface area (Å²) in [5.41, 5.74) is 3.21. The highest BCUT2D eigenvalue weighted by Gasteiger charge is 2.03. The Morgan fingerprint density at radius 3 is 2.50 bits per heavy atom. The zero-order valence-electron chi connectivity index (χ0n) is 11.2. The second-order valence-corrected chi connectivity index (χ2v) is 4.41. The lowest BCUT2D eigenvalue weighted by Gasteiger charge is -2.08. The van der Waals surface area contributed by atoms with Crippen LogP contribution in [0.4, 0.5) is 11.4 Å². The maximum Gasteiger partial charge on any atom is 0.269 e. The number of rotatable bonds is 6. The van der Waals surface area contributed by atoms with Gasteiger partial charge in [-0.25, -0.2) is 0 Å². The molecule has 0 aromatic heterocycles. The van der Waals surface area contributed by atoms with Crippen LogP contribution in [0.15, 0.2) is 48.5 Å². The van der Waals surface area contributed by atoms with E-state index in [1.807, 2.05) is 18.2 Å². The zero-order chi connectivity index (χ0) is 14.4. The largest absolute Gasteiger partial charge is 0.381 e. The van der Waals surface area contributed by atoms with Crippen molar-refractivity contribution in [1.82, 2.24) is 0 Å². The smallest absolute Gasteiger partial charge is 0.269 e. The van der Waals surface area contributed by atoms with Gasteiger partial charge in [-0.05, 0) is 23.3 Å². The number of methoxy groups -OCH3 is 1. The molecule has 0 bridgehead atoms. The normalized spacial score (nSPS) is 10.2. The van der Waals surface area contributed by atoms with Crippen LogP contribution >= 0.6 is 0 Å². The van der Waals surface area contributed by atoms with E-state index in [2.05, 4.69) is 11.4 Å². The Balaban J connectivity index is 1.97. The van der Waals surface area contributed by atoms with Gasteiger partial charge in [0.2, 0.25) is 0 Å². The number of hydrogen-bond donors (Lipinski definition) is 1. The summed E-state index contributed by atoms with van der Waals surface area (Å²) in [6.45, 7) is 1.25. The molecule has 5 nitrogen and oxygen atoms in total. The highest BCUT2D eigenvalue weighted by molar-refractivity contribution is 5.48. The third kappa shape index (κ3) is 3.80. The lowest BCUT2D eigenvalue weighted by Crippen LogP contribution is -2.00. The summed E-state index contributed by atoms with van der Waals surface area (Å²) < 4.78 is 5.10. The first-order valence-electron chi connectivity index (χ1n) is 6.24. The maximum atomic E-state index is 10.6. The van der Waals surface area contributed by atoms with Crippen molar-refractivity contribution < 1.29 is 9.66 Å². The van der Waals surface area contributed by atoms with Crippen molar-refractivity contribution in [3.05, 3.63) is 69.8 Å². The van der Waals surface area contributed by atoms with Crippen molar-refractivity contribution in [3.8, 4) is 0 Å². The molecule has 2 aromatic rings. The summed E-state index contributed by atoms with van der Waals surface area (Å²) in [6.07, 6.45) is 0. The van der Waals surface area contributed by atoms with E-state index in [1.54, 1.807) is 19.2 Å². The van der Waals surface area contributed by atoms with Crippen LogP contribution in [0.1, 0.15) is 11.1 Å². The van der Waals surface area contributed by atoms with Gasteiger partial charge in [0.15, 0.2) is 0 Å². The summed E-state index contributed by atoms with van der Waals surface area (Å²) in [7, 11) is 1.67. The second-order valence-electron chi connectivity index (χ2n) is 4.41. The van der Waals surface area contributed by atoms with Gasteiger partial charge in [0.25, 0.3) is 5.69 Å². The standard InChI is InChI=1S/C15H16N2O3/c1-20-11-13-4-2-3-12(9-13)10-16-14-5-7-15(8-6-14)17(18)19/h2-9,16H,10-11H2,1H3. The first-order valence-corrected chi connectivity index (χ1v) is 6.24. The van der Waals surface area contributed by atoms with Crippen LogP contribution in [0, 0.1) is 10.1 Å². The number of anilines is 1. The minimum Gasteiger partial charge on any atom is -0.381 e. The lowest BCUT2D eigenvalue weighted by molar-refractivity contribution is -0.384.